The normalized spacial score (nSPS) is 14.0. The zero-order valence-electron chi connectivity index (χ0n) is 11.9. The highest BCUT2D eigenvalue weighted by Crippen LogP contribution is 2.32. The molecular formula is C16H18N2O2S. The van der Waals surface area contributed by atoms with Crippen LogP contribution in [-0.4, -0.2) is 24.0 Å². The summed E-state index contributed by atoms with van der Waals surface area (Å²) in [6, 6.07) is 9.60. The zero-order chi connectivity index (χ0) is 14.8. The molecular weight excluding hydrogens is 284 g/mol. The lowest BCUT2D eigenvalue weighted by molar-refractivity contribution is 0.0728. The molecule has 1 amide bonds. The van der Waals surface area contributed by atoms with Gasteiger partial charge in [-0.15, -0.1) is 11.3 Å². The van der Waals surface area contributed by atoms with Crippen LogP contribution in [0.2, 0.25) is 0 Å². The Morgan fingerprint density at radius 2 is 2.24 bits per heavy atom. The van der Waals surface area contributed by atoms with Crippen molar-refractivity contribution >= 4 is 22.9 Å². The Morgan fingerprint density at radius 3 is 2.86 bits per heavy atom. The predicted molar refractivity (Wildman–Crippen MR) is 84.6 cm³/mol. The van der Waals surface area contributed by atoms with Gasteiger partial charge in [-0.3, -0.25) is 4.79 Å². The number of hydrogen-bond acceptors (Lipinski definition) is 4. The van der Waals surface area contributed by atoms with Crippen molar-refractivity contribution in [1.29, 1.82) is 0 Å². The average molecular weight is 302 g/mol. The molecule has 110 valence electrons. The zero-order valence-corrected chi connectivity index (χ0v) is 12.7. The van der Waals surface area contributed by atoms with E-state index in [9.17, 15) is 4.79 Å². The third-order valence-corrected chi connectivity index (χ3v) is 4.47. The van der Waals surface area contributed by atoms with Crippen LogP contribution in [0.4, 0.5) is 5.69 Å². The molecule has 0 atom stereocenters. The third-order valence-electron chi connectivity index (χ3n) is 3.61. The van der Waals surface area contributed by atoms with E-state index in [0.29, 0.717) is 29.6 Å². The number of rotatable bonds is 5. The molecule has 2 aromatic rings. The van der Waals surface area contributed by atoms with E-state index in [1.54, 1.807) is 36.6 Å². The number of benzene rings is 1. The largest absolute Gasteiger partial charge is 0.496 e. The number of nitrogens with zero attached hydrogens (tertiary/aromatic N) is 1. The van der Waals surface area contributed by atoms with Crippen molar-refractivity contribution in [3.63, 3.8) is 0 Å². The second kappa shape index (κ2) is 5.77. The molecule has 4 nitrogen and oxygen atoms in total. The Morgan fingerprint density at radius 1 is 1.43 bits per heavy atom. The summed E-state index contributed by atoms with van der Waals surface area (Å²) in [5.74, 6) is 0.570. The number of thiophene rings is 1. The Balaban J connectivity index is 1.89. The van der Waals surface area contributed by atoms with Crippen LogP contribution in [0.1, 0.15) is 28.1 Å². The monoisotopic (exact) mass is 302 g/mol. The van der Waals surface area contributed by atoms with Crippen molar-refractivity contribution in [1.82, 2.24) is 4.90 Å². The van der Waals surface area contributed by atoms with E-state index < -0.39 is 0 Å². The molecule has 1 heterocycles. The summed E-state index contributed by atoms with van der Waals surface area (Å²) in [6.07, 6.45) is 2.14. The number of ether oxygens (including phenoxy) is 1. The van der Waals surface area contributed by atoms with Crippen molar-refractivity contribution in [3.8, 4) is 5.75 Å². The number of methoxy groups -OCH3 is 1. The van der Waals surface area contributed by atoms with Crippen LogP contribution in [0.15, 0.2) is 35.7 Å². The van der Waals surface area contributed by atoms with Gasteiger partial charge in [-0.25, -0.2) is 0 Å². The molecule has 1 fully saturated rings. The molecule has 0 unspecified atom stereocenters. The summed E-state index contributed by atoms with van der Waals surface area (Å²) in [5, 5.41) is 2.03. The molecule has 1 aliphatic rings. The molecule has 0 spiro atoms. The molecule has 21 heavy (non-hydrogen) atoms. The summed E-state index contributed by atoms with van der Waals surface area (Å²) in [7, 11) is 1.57. The molecule has 1 aromatic carbocycles. The van der Waals surface area contributed by atoms with E-state index in [4.69, 9.17) is 10.5 Å². The van der Waals surface area contributed by atoms with E-state index in [1.807, 2.05) is 16.3 Å². The van der Waals surface area contributed by atoms with Gasteiger partial charge in [-0.1, -0.05) is 6.07 Å². The van der Waals surface area contributed by atoms with E-state index in [0.717, 1.165) is 12.8 Å². The molecule has 2 N–H and O–H groups in total. The predicted octanol–water partition coefficient (Wildman–Crippen LogP) is 3.14. The Bertz CT molecular complexity index is 636. The minimum atomic E-state index is -0.00458. The fraction of sp³-hybridized carbons (Fsp3) is 0.312. The van der Waals surface area contributed by atoms with Gasteiger partial charge in [0.25, 0.3) is 5.91 Å². The second-order valence-corrected chi connectivity index (χ2v) is 6.24. The lowest BCUT2D eigenvalue weighted by atomic mass is 10.1. The first-order chi connectivity index (χ1) is 10.2. The average Bonchev–Trinajstić information content (AvgIpc) is 3.20. The van der Waals surface area contributed by atoms with Gasteiger partial charge >= 0.3 is 0 Å². The number of nitrogens with two attached hydrogens (primary N) is 1. The molecule has 5 heteroatoms. The first-order valence-electron chi connectivity index (χ1n) is 6.96. The first kappa shape index (κ1) is 13.9. The van der Waals surface area contributed by atoms with Gasteiger partial charge in [-0.05, 0) is 42.5 Å². The quantitative estimate of drug-likeness (QED) is 0.863. The highest BCUT2D eigenvalue weighted by atomic mass is 32.1. The Labute approximate surface area is 128 Å². The Hall–Kier alpha value is -2.01. The second-order valence-electron chi connectivity index (χ2n) is 5.20. The van der Waals surface area contributed by atoms with E-state index in [-0.39, 0.29) is 5.91 Å². The lowest BCUT2D eigenvalue weighted by Gasteiger charge is -2.23. The number of hydrogen-bond donors (Lipinski definition) is 1. The Kier molecular flexibility index (Phi) is 3.84. The summed E-state index contributed by atoms with van der Waals surface area (Å²) in [6.45, 7) is 0.652. The molecule has 0 bridgehead atoms. The number of carbonyl (C=O) groups excluding carboxylic acids is 1. The number of carbonyl (C=O) groups is 1. The van der Waals surface area contributed by atoms with Crippen molar-refractivity contribution < 1.29 is 9.53 Å². The van der Waals surface area contributed by atoms with Crippen LogP contribution in [0.25, 0.3) is 0 Å². The van der Waals surface area contributed by atoms with E-state index >= 15 is 0 Å². The highest BCUT2D eigenvalue weighted by molar-refractivity contribution is 7.09. The molecule has 0 radical (unpaired) electrons. The summed E-state index contributed by atoms with van der Waals surface area (Å²) < 4.78 is 5.31. The van der Waals surface area contributed by atoms with Crippen molar-refractivity contribution in [2.24, 2.45) is 0 Å². The minimum absolute atomic E-state index is 0.00458. The molecule has 1 aliphatic carbocycles. The maximum Gasteiger partial charge on any atom is 0.258 e. The van der Waals surface area contributed by atoms with Gasteiger partial charge in [0.15, 0.2) is 0 Å². The van der Waals surface area contributed by atoms with Crippen molar-refractivity contribution in [2.45, 2.75) is 25.4 Å². The van der Waals surface area contributed by atoms with Gasteiger partial charge in [0.2, 0.25) is 0 Å². The standard InChI is InChI=1S/C16H18N2O2S/c1-20-15-7-4-11(17)9-14(15)16(19)18(12-5-6-12)10-13-3-2-8-21-13/h2-4,7-9,12H,5-6,10,17H2,1H3. The molecule has 1 aromatic heterocycles. The minimum Gasteiger partial charge on any atom is -0.496 e. The van der Waals surface area contributed by atoms with Gasteiger partial charge in [-0.2, -0.15) is 0 Å². The SMILES string of the molecule is COc1ccc(N)cc1C(=O)N(Cc1cccs1)C1CC1. The van der Waals surface area contributed by atoms with Gasteiger partial charge in [0.1, 0.15) is 5.75 Å². The summed E-state index contributed by atoms with van der Waals surface area (Å²) >= 11 is 1.67. The van der Waals surface area contributed by atoms with Gasteiger partial charge < -0.3 is 15.4 Å². The fourth-order valence-electron chi connectivity index (χ4n) is 2.37. The smallest absolute Gasteiger partial charge is 0.258 e. The summed E-state index contributed by atoms with van der Waals surface area (Å²) in [4.78, 5) is 16.0. The first-order valence-corrected chi connectivity index (χ1v) is 7.84. The van der Waals surface area contributed by atoms with Gasteiger partial charge in [0, 0.05) is 16.6 Å². The van der Waals surface area contributed by atoms with Crippen molar-refractivity contribution in [3.05, 3.63) is 46.2 Å². The van der Waals surface area contributed by atoms with Crippen LogP contribution >= 0.6 is 11.3 Å². The van der Waals surface area contributed by atoms with Crippen LogP contribution in [-0.2, 0) is 6.54 Å². The van der Waals surface area contributed by atoms with Crippen LogP contribution in [0.5, 0.6) is 5.75 Å². The number of anilines is 1. The third kappa shape index (κ3) is 3.03. The lowest BCUT2D eigenvalue weighted by Crippen LogP contribution is -2.32. The highest BCUT2D eigenvalue weighted by Gasteiger charge is 2.34. The van der Waals surface area contributed by atoms with E-state index in [2.05, 4.69) is 6.07 Å². The molecule has 1 saturated carbocycles. The van der Waals surface area contributed by atoms with Crippen LogP contribution in [0, 0.1) is 0 Å². The molecule has 0 saturated heterocycles. The molecule has 3 rings (SSSR count). The van der Waals surface area contributed by atoms with E-state index in [1.165, 1.54) is 4.88 Å². The topological polar surface area (TPSA) is 55.6 Å². The molecule has 0 aliphatic heterocycles. The van der Waals surface area contributed by atoms with Gasteiger partial charge in [0.05, 0.1) is 19.2 Å². The van der Waals surface area contributed by atoms with Crippen LogP contribution < -0.4 is 10.5 Å². The number of amides is 1. The summed E-state index contributed by atoms with van der Waals surface area (Å²) in [5.41, 5.74) is 6.94. The fourth-order valence-corrected chi connectivity index (χ4v) is 3.07. The van der Waals surface area contributed by atoms with Crippen LogP contribution in [0.3, 0.4) is 0 Å². The maximum absolute atomic E-state index is 12.9. The maximum atomic E-state index is 12.9. The number of nitrogen functional groups attached to an aromatic ring is 1. The van der Waals surface area contributed by atoms with Crippen molar-refractivity contribution in [2.75, 3.05) is 12.8 Å².